The van der Waals surface area contributed by atoms with Crippen molar-refractivity contribution in [1.29, 1.82) is 0 Å². The lowest BCUT2D eigenvalue weighted by Crippen LogP contribution is -2.42. The van der Waals surface area contributed by atoms with E-state index in [1.807, 2.05) is 6.20 Å². The Kier molecular flexibility index (Phi) is 7.02. The topological polar surface area (TPSA) is 114 Å². The number of methoxy groups -OCH3 is 1. The number of carbonyl (C=O) groups is 2. The van der Waals surface area contributed by atoms with Crippen molar-refractivity contribution in [3.05, 3.63) is 65.3 Å². The van der Waals surface area contributed by atoms with Crippen LogP contribution < -0.4 is 5.32 Å². The van der Waals surface area contributed by atoms with Crippen LogP contribution in [-0.4, -0.2) is 51.9 Å². The molecule has 1 aromatic heterocycles. The molecule has 8 heteroatoms. The summed E-state index contributed by atoms with van der Waals surface area (Å²) in [5, 5.41) is 19.1. The van der Waals surface area contributed by atoms with Crippen molar-refractivity contribution in [3.8, 4) is 0 Å². The van der Waals surface area contributed by atoms with E-state index >= 15 is 0 Å². The van der Waals surface area contributed by atoms with Gasteiger partial charge in [0.2, 0.25) is 0 Å². The third kappa shape index (κ3) is 4.60. The maximum Gasteiger partial charge on any atom is 0.328 e. The predicted molar refractivity (Wildman–Crippen MR) is 110 cm³/mol. The molecule has 4 rings (SSSR count). The first kappa shape index (κ1) is 21.7. The SMILES string of the molecule is COCc1cnc2n1CCc1ccccc1C21CCNCC1.O=C(O)C=CC(=O)O. The quantitative estimate of drug-likeness (QED) is 0.657. The average Bonchev–Trinajstić information content (AvgIpc) is 3.10. The first-order valence-electron chi connectivity index (χ1n) is 9.95. The molecule has 0 unspecified atom stereocenters. The van der Waals surface area contributed by atoms with Gasteiger partial charge < -0.3 is 24.8 Å². The van der Waals surface area contributed by atoms with Crippen molar-refractivity contribution in [2.75, 3.05) is 20.2 Å². The Morgan fingerprint density at radius 1 is 1.20 bits per heavy atom. The van der Waals surface area contributed by atoms with E-state index in [-0.39, 0.29) is 5.41 Å². The van der Waals surface area contributed by atoms with E-state index in [2.05, 4.69) is 34.1 Å². The van der Waals surface area contributed by atoms with Crippen LogP contribution in [-0.2, 0) is 39.3 Å². The second kappa shape index (κ2) is 9.69. The monoisotopic (exact) mass is 413 g/mol. The van der Waals surface area contributed by atoms with Gasteiger partial charge in [0.05, 0.1) is 23.9 Å². The minimum Gasteiger partial charge on any atom is -0.478 e. The van der Waals surface area contributed by atoms with E-state index in [9.17, 15) is 9.59 Å². The molecule has 0 atom stereocenters. The number of nitrogens with one attached hydrogen (secondary N) is 1. The number of aryl methyl sites for hydroxylation is 1. The van der Waals surface area contributed by atoms with Gasteiger partial charge in [0.15, 0.2) is 0 Å². The normalized spacial score (nSPS) is 16.8. The van der Waals surface area contributed by atoms with Crippen LogP contribution >= 0.6 is 0 Å². The van der Waals surface area contributed by atoms with Gasteiger partial charge in [-0.15, -0.1) is 0 Å². The molecule has 1 spiro atoms. The van der Waals surface area contributed by atoms with Gasteiger partial charge in [0, 0.05) is 25.8 Å². The van der Waals surface area contributed by atoms with Crippen molar-refractivity contribution in [2.45, 2.75) is 37.8 Å². The van der Waals surface area contributed by atoms with Gasteiger partial charge in [0.25, 0.3) is 0 Å². The molecule has 30 heavy (non-hydrogen) atoms. The number of hydrogen-bond acceptors (Lipinski definition) is 5. The highest BCUT2D eigenvalue weighted by molar-refractivity contribution is 5.89. The van der Waals surface area contributed by atoms with Crippen LogP contribution in [0.3, 0.4) is 0 Å². The molecule has 0 saturated carbocycles. The summed E-state index contributed by atoms with van der Waals surface area (Å²) in [6.07, 6.45) is 6.44. The number of nitrogens with zero attached hydrogens (tertiary/aromatic N) is 2. The largest absolute Gasteiger partial charge is 0.478 e. The van der Waals surface area contributed by atoms with Gasteiger partial charge in [-0.1, -0.05) is 24.3 Å². The Morgan fingerprint density at radius 2 is 1.87 bits per heavy atom. The number of aromatic nitrogens is 2. The average molecular weight is 413 g/mol. The van der Waals surface area contributed by atoms with E-state index < -0.39 is 11.9 Å². The Balaban J connectivity index is 0.000000275. The van der Waals surface area contributed by atoms with Crippen LogP contribution in [0.2, 0.25) is 0 Å². The second-order valence-corrected chi connectivity index (χ2v) is 7.41. The molecule has 2 aromatic rings. The molecule has 1 saturated heterocycles. The van der Waals surface area contributed by atoms with Crippen LogP contribution in [0.4, 0.5) is 0 Å². The molecule has 0 amide bonds. The number of imidazole rings is 1. The fourth-order valence-corrected chi connectivity index (χ4v) is 4.35. The zero-order valence-corrected chi connectivity index (χ0v) is 17.0. The molecule has 0 aliphatic carbocycles. The first-order chi connectivity index (χ1) is 14.5. The highest BCUT2D eigenvalue weighted by Crippen LogP contribution is 2.43. The van der Waals surface area contributed by atoms with Crippen molar-refractivity contribution >= 4 is 11.9 Å². The highest BCUT2D eigenvalue weighted by atomic mass is 16.5. The number of fused-ring (bicyclic) bond motifs is 4. The van der Waals surface area contributed by atoms with Crippen molar-refractivity contribution in [3.63, 3.8) is 0 Å². The number of aliphatic carboxylic acids is 2. The van der Waals surface area contributed by atoms with Gasteiger partial charge in [-0.2, -0.15) is 0 Å². The minimum atomic E-state index is -1.26. The molecular weight excluding hydrogens is 386 g/mol. The Morgan fingerprint density at radius 3 is 2.50 bits per heavy atom. The number of piperidine rings is 1. The third-order valence-corrected chi connectivity index (χ3v) is 5.62. The molecule has 2 aliphatic heterocycles. The van der Waals surface area contributed by atoms with Crippen molar-refractivity contribution in [1.82, 2.24) is 14.9 Å². The van der Waals surface area contributed by atoms with E-state index in [0.717, 1.165) is 38.9 Å². The van der Waals surface area contributed by atoms with Gasteiger partial charge in [-0.25, -0.2) is 14.6 Å². The fraction of sp³-hybridized carbons (Fsp3) is 0.409. The highest BCUT2D eigenvalue weighted by Gasteiger charge is 2.42. The van der Waals surface area contributed by atoms with Crippen LogP contribution in [0.1, 0.15) is 35.5 Å². The molecule has 2 aliphatic rings. The first-order valence-corrected chi connectivity index (χ1v) is 9.95. The van der Waals surface area contributed by atoms with Gasteiger partial charge in [-0.3, -0.25) is 0 Å². The van der Waals surface area contributed by atoms with Crippen molar-refractivity contribution < 1.29 is 24.5 Å². The molecule has 0 radical (unpaired) electrons. The summed E-state index contributed by atoms with van der Waals surface area (Å²) in [6, 6.07) is 8.96. The van der Waals surface area contributed by atoms with Gasteiger partial charge in [0.1, 0.15) is 5.82 Å². The van der Waals surface area contributed by atoms with E-state index in [4.69, 9.17) is 19.9 Å². The lowest BCUT2D eigenvalue weighted by atomic mass is 9.71. The summed E-state index contributed by atoms with van der Waals surface area (Å²) in [5.74, 6) is -1.27. The zero-order valence-electron chi connectivity index (χ0n) is 17.0. The maximum absolute atomic E-state index is 9.55. The summed E-state index contributed by atoms with van der Waals surface area (Å²) < 4.78 is 7.78. The Bertz CT molecular complexity index is 913. The molecular formula is C22H27N3O5. The second-order valence-electron chi connectivity index (χ2n) is 7.41. The maximum atomic E-state index is 9.55. The number of carboxylic acid groups (broad SMARTS) is 2. The van der Waals surface area contributed by atoms with E-state index in [0.29, 0.717) is 18.8 Å². The molecule has 1 aromatic carbocycles. The number of benzene rings is 1. The molecule has 8 nitrogen and oxygen atoms in total. The molecule has 3 heterocycles. The standard InChI is InChI=1S/C18H23N3O.C4H4O4/c1-22-13-15-12-20-17-18(7-9-19-10-8-18)16-5-3-2-4-14(16)6-11-21(15)17;5-3(6)1-2-4(7)8/h2-5,12,19H,6-11,13H2,1H3;1-2H,(H,5,6)(H,7,8). The molecule has 160 valence electrons. The smallest absolute Gasteiger partial charge is 0.328 e. The van der Waals surface area contributed by atoms with Crippen LogP contribution in [0.5, 0.6) is 0 Å². The van der Waals surface area contributed by atoms with Gasteiger partial charge >= 0.3 is 11.9 Å². The molecule has 3 N–H and O–H groups in total. The van der Waals surface area contributed by atoms with Crippen LogP contribution in [0, 0.1) is 0 Å². The third-order valence-electron chi connectivity index (χ3n) is 5.62. The number of hydrogen-bond donors (Lipinski definition) is 3. The summed E-state index contributed by atoms with van der Waals surface area (Å²) in [6.45, 7) is 3.75. The number of rotatable bonds is 4. The van der Waals surface area contributed by atoms with Crippen LogP contribution in [0.15, 0.2) is 42.6 Å². The lowest BCUT2D eigenvalue weighted by molar-refractivity contribution is -0.134. The molecule has 0 bridgehead atoms. The minimum absolute atomic E-state index is 0.0599. The van der Waals surface area contributed by atoms with E-state index in [1.165, 1.54) is 22.6 Å². The summed E-state index contributed by atoms with van der Waals surface area (Å²) in [4.78, 5) is 24.0. The lowest BCUT2D eigenvalue weighted by Gasteiger charge is -2.38. The Hall–Kier alpha value is -2.97. The number of carboxylic acids is 2. The fourth-order valence-electron chi connectivity index (χ4n) is 4.35. The summed E-state index contributed by atoms with van der Waals surface area (Å²) in [5.41, 5.74) is 4.23. The zero-order chi connectivity index (χ0) is 21.6. The molecule has 1 fully saturated rings. The van der Waals surface area contributed by atoms with Crippen LogP contribution in [0.25, 0.3) is 0 Å². The van der Waals surface area contributed by atoms with Gasteiger partial charge in [-0.05, 0) is 43.5 Å². The summed E-state index contributed by atoms with van der Waals surface area (Å²) in [7, 11) is 1.76. The van der Waals surface area contributed by atoms with Crippen molar-refractivity contribution in [2.24, 2.45) is 0 Å². The number of ether oxygens (including phenoxy) is 1. The predicted octanol–water partition coefficient (Wildman–Crippen LogP) is 1.97. The summed E-state index contributed by atoms with van der Waals surface area (Å²) >= 11 is 0. The Labute approximate surface area is 175 Å². The van der Waals surface area contributed by atoms with E-state index in [1.54, 1.807) is 7.11 Å².